The number of hydrogen-bond acceptors (Lipinski definition) is 4. The Kier molecular flexibility index (Phi) is 4.15. The molecule has 0 spiro atoms. The molecule has 0 N–H and O–H groups in total. The van der Waals surface area contributed by atoms with Crippen LogP contribution in [0.1, 0.15) is 12.8 Å². The van der Waals surface area contributed by atoms with E-state index in [4.69, 9.17) is 9.47 Å². The number of epoxide rings is 1. The van der Waals surface area contributed by atoms with Gasteiger partial charge in [-0.05, 0) is 33.0 Å². The first-order chi connectivity index (χ1) is 8.40. The molecule has 2 saturated heterocycles. The van der Waals surface area contributed by atoms with Crippen LogP contribution in [0, 0.1) is 0 Å². The summed E-state index contributed by atoms with van der Waals surface area (Å²) < 4.78 is 47.9. The maximum atomic E-state index is 12.6. The lowest BCUT2D eigenvalue weighted by molar-refractivity contribution is -0.158. The van der Waals surface area contributed by atoms with Gasteiger partial charge in [-0.15, -0.1) is 0 Å². The monoisotopic (exact) mass is 268 g/mol. The Morgan fingerprint density at radius 1 is 1.33 bits per heavy atom. The highest BCUT2D eigenvalue weighted by Gasteiger charge is 2.50. The lowest BCUT2D eigenvalue weighted by atomic mass is 10.0. The highest BCUT2D eigenvalue weighted by molar-refractivity contribution is 4.88. The van der Waals surface area contributed by atoms with E-state index >= 15 is 0 Å². The summed E-state index contributed by atoms with van der Waals surface area (Å²) in [6.07, 6.45) is -3.77. The molecule has 0 radical (unpaired) electrons. The molecule has 0 amide bonds. The van der Waals surface area contributed by atoms with Crippen molar-refractivity contribution in [1.29, 1.82) is 0 Å². The summed E-state index contributed by atoms with van der Waals surface area (Å²) in [6.45, 7) is 0.721. The zero-order valence-electron chi connectivity index (χ0n) is 10.6. The standard InChI is InChI=1S/C11H19F3N2O2/c1-15-5-3-8(4-6-15)16(7-11(12,13)14)9-10(17-2)18-9/h8-10H,3-7H2,1-2H3. The fourth-order valence-corrected chi connectivity index (χ4v) is 2.46. The van der Waals surface area contributed by atoms with Crippen molar-refractivity contribution in [2.45, 2.75) is 37.6 Å². The summed E-state index contributed by atoms with van der Waals surface area (Å²) in [7, 11) is 3.43. The molecule has 0 saturated carbocycles. The van der Waals surface area contributed by atoms with Gasteiger partial charge in [0.25, 0.3) is 0 Å². The Morgan fingerprint density at radius 2 is 1.94 bits per heavy atom. The molecule has 0 aromatic carbocycles. The Labute approximate surface area is 105 Å². The molecule has 4 nitrogen and oxygen atoms in total. The van der Waals surface area contributed by atoms with Gasteiger partial charge in [0.05, 0.1) is 6.54 Å². The summed E-state index contributed by atoms with van der Waals surface area (Å²) in [5, 5.41) is 0. The van der Waals surface area contributed by atoms with E-state index in [1.165, 1.54) is 12.0 Å². The first-order valence-corrected chi connectivity index (χ1v) is 6.10. The van der Waals surface area contributed by atoms with Crippen LogP contribution >= 0.6 is 0 Å². The number of rotatable bonds is 4. The van der Waals surface area contributed by atoms with Crippen molar-refractivity contribution in [1.82, 2.24) is 9.80 Å². The normalized spacial score (nSPS) is 31.0. The Bertz CT molecular complexity index is 280. The van der Waals surface area contributed by atoms with Gasteiger partial charge in [0.1, 0.15) is 0 Å². The number of hydrogen-bond donors (Lipinski definition) is 0. The Hall–Kier alpha value is -0.370. The number of halogens is 3. The van der Waals surface area contributed by atoms with Crippen molar-refractivity contribution in [3.8, 4) is 0 Å². The van der Waals surface area contributed by atoms with Crippen molar-refractivity contribution in [3.63, 3.8) is 0 Å². The average Bonchev–Trinajstić information content (AvgIpc) is 3.05. The molecular weight excluding hydrogens is 249 g/mol. The summed E-state index contributed by atoms with van der Waals surface area (Å²) >= 11 is 0. The number of likely N-dealkylation sites (tertiary alicyclic amines) is 1. The van der Waals surface area contributed by atoms with E-state index < -0.39 is 25.2 Å². The van der Waals surface area contributed by atoms with Crippen LogP contribution in [0.3, 0.4) is 0 Å². The molecule has 2 aliphatic heterocycles. The second-order valence-corrected chi connectivity index (χ2v) is 4.95. The van der Waals surface area contributed by atoms with Crippen LogP contribution in [0.15, 0.2) is 0 Å². The zero-order valence-corrected chi connectivity index (χ0v) is 10.6. The van der Waals surface area contributed by atoms with E-state index in [1.54, 1.807) is 0 Å². The average molecular weight is 268 g/mol. The van der Waals surface area contributed by atoms with Gasteiger partial charge in [0.2, 0.25) is 0 Å². The zero-order chi connectivity index (χ0) is 13.3. The van der Waals surface area contributed by atoms with Crippen LogP contribution < -0.4 is 0 Å². The van der Waals surface area contributed by atoms with Crippen molar-refractivity contribution in [2.24, 2.45) is 0 Å². The van der Waals surface area contributed by atoms with Crippen LogP contribution in [0.2, 0.25) is 0 Å². The summed E-state index contributed by atoms with van der Waals surface area (Å²) in [4.78, 5) is 3.53. The largest absolute Gasteiger partial charge is 0.401 e. The van der Waals surface area contributed by atoms with Gasteiger partial charge in [0.15, 0.2) is 12.5 Å². The molecule has 2 unspecified atom stereocenters. The van der Waals surface area contributed by atoms with E-state index in [1.807, 2.05) is 7.05 Å². The molecular formula is C11H19F3N2O2. The quantitative estimate of drug-likeness (QED) is 0.718. The van der Waals surface area contributed by atoms with Crippen LogP contribution in [-0.4, -0.2) is 68.3 Å². The van der Waals surface area contributed by atoms with Gasteiger partial charge >= 0.3 is 6.18 Å². The maximum absolute atomic E-state index is 12.6. The fraction of sp³-hybridized carbons (Fsp3) is 1.00. The number of piperidine rings is 1. The van der Waals surface area contributed by atoms with Crippen LogP contribution in [0.4, 0.5) is 13.2 Å². The Balaban J connectivity index is 1.96. The smallest absolute Gasteiger partial charge is 0.352 e. The molecule has 0 aromatic heterocycles. The SMILES string of the molecule is COC1OC1N(CC(F)(F)F)C1CCN(C)CC1. The van der Waals surface area contributed by atoms with Crippen molar-refractivity contribution in [3.05, 3.63) is 0 Å². The second kappa shape index (κ2) is 5.32. The molecule has 2 fully saturated rings. The first-order valence-electron chi connectivity index (χ1n) is 6.10. The van der Waals surface area contributed by atoms with Crippen molar-refractivity contribution < 1.29 is 22.6 Å². The minimum absolute atomic E-state index is 0.0759. The predicted molar refractivity (Wildman–Crippen MR) is 59.0 cm³/mol. The molecule has 0 aromatic rings. The highest BCUT2D eigenvalue weighted by Crippen LogP contribution is 2.33. The third-order valence-corrected chi connectivity index (χ3v) is 3.51. The van der Waals surface area contributed by atoms with Gasteiger partial charge in [0, 0.05) is 13.2 Å². The number of alkyl halides is 3. The third kappa shape index (κ3) is 3.57. The Morgan fingerprint density at radius 3 is 2.39 bits per heavy atom. The number of ether oxygens (including phenoxy) is 2. The van der Waals surface area contributed by atoms with Gasteiger partial charge < -0.3 is 14.4 Å². The minimum atomic E-state index is -4.20. The van der Waals surface area contributed by atoms with E-state index in [0.29, 0.717) is 0 Å². The summed E-state index contributed by atoms with van der Waals surface area (Å²) in [6, 6.07) is -0.0759. The maximum Gasteiger partial charge on any atom is 0.401 e. The van der Waals surface area contributed by atoms with E-state index in [9.17, 15) is 13.2 Å². The predicted octanol–water partition coefficient (Wildman–Crippen LogP) is 1.27. The molecule has 2 atom stereocenters. The van der Waals surface area contributed by atoms with E-state index in [0.717, 1.165) is 25.9 Å². The minimum Gasteiger partial charge on any atom is -0.352 e. The van der Waals surface area contributed by atoms with Gasteiger partial charge in [-0.25, -0.2) is 0 Å². The van der Waals surface area contributed by atoms with E-state index in [2.05, 4.69) is 4.90 Å². The summed E-state index contributed by atoms with van der Waals surface area (Å²) in [5.74, 6) is 0. The van der Waals surface area contributed by atoms with Crippen LogP contribution in [0.25, 0.3) is 0 Å². The third-order valence-electron chi connectivity index (χ3n) is 3.51. The molecule has 18 heavy (non-hydrogen) atoms. The molecule has 0 aliphatic carbocycles. The number of nitrogens with zero attached hydrogens (tertiary/aromatic N) is 2. The fourth-order valence-electron chi connectivity index (χ4n) is 2.46. The second-order valence-electron chi connectivity index (χ2n) is 4.95. The van der Waals surface area contributed by atoms with Crippen LogP contribution in [-0.2, 0) is 9.47 Å². The summed E-state index contributed by atoms with van der Waals surface area (Å²) in [5.41, 5.74) is 0. The van der Waals surface area contributed by atoms with Crippen molar-refractivity contribution >= 4 is 0 Å². The molecule has 2 heterocycles. The number of methoxy groups -OCH3 is 1. The first kappa shape index (κ1) is 14.0. The molecule has 0 bridgehead atoms. The topological polar surface area (TPSA) is 28.2 Å². The molecule has 2 rings (SSSR count). The molecule has 2 aliphatic rings. The van der Waals surface area contributed by atoms with E-state index in [-0.39, 0.29) is 6.04 Å². The van der Waals surface area contributed by atoms with Crippen molar-refractivity contribution in [2.75, 3.05) is 33.8 Å². The molecule has 106 valence electrons. The highest BCUT2D eigenvalue weighted by atomic mass is 19.4. The van der Waals surface area contributed by atoms with Crippen LogP contribution in [0.5, 0.6) is 0 Å². The molecule has 7 heteroatoms. The lowest BCUT2D eigenvalue weighted by Crippen LogP contribution is -2.49. The lowest BCUT2D eigenvalue weighted by Gasteiger charge is -2.36. The van der Waals surface area contributed by atoms with Gasteiger partial charge in [-0.2, -0.15) is 13.2 Å². The van der Waals surface area contributed by atoms with Gasteiger partial charge in [-0.1, -0.05) is 0 Å². The van der Waals surface area contributed by atoms with Gasteiger partial charge in [-0.3, -0.25) is 4.90 Å².